The molecule has 0 aliphatic carbocycles. The largest absolute Gasteiger partial charge is 0.256 e. The summed E-state index contributed by atoms with van der Waals surface area (Å²) < 4.78 is 116. The van der Waals surface area contributed by atoms with Gasteiger partial charge in [-0.05, 0) is 89.1 Å². The molecule has 0 fully saturated rings. The van der Waals surface area contributed by atoms with Gasteiger partial charge in [-0.25, -0.2) is 33.7 Å². The summed E-state index contributed by atoms with van der Waals surface area (Å²) >= 11 is 0. The van der Waals surface area contributed by atoms with Crippen molar-refractivity contribution in [2.75, 3.05) is 6.54 Å². The van der Waals surface area contributed by atoms with Crippen LogP contribution in [0.4, 0.5) is 0 Å². The van der Waals surface area contributed by atoms with Crippen LogP contribution in [0.5, 0.6) is 0 Å². The van der Waals surface area contributed by atoms with Crippen molar-refractivity contribution in [1.82, 2.24) is 7.42 Å². The molecule has 0 heterocycles. The second-order valence-corrected chi connectivity index (χ2v) is 19.8. The maximum Gasteiger partial charge on any atom is 0.256 e. The maximum atomic E-state index is 14.5. The van der Waals surface area contributed by atoms with Gasteiger partial charge in [0.25, 0.3) is 40.1 Å². The monoisotopic (exact) mass is 757 g/mol. The van der Waals surface area contributed by atoms with E-state index in [0.717, 1.165) is 0 Å². The summed E-state index contributed by atoms with van der Waals surface area (Å²) in [6.45, 7) is 5.80. The first-order valence-electron chi connectivity index (χ1n) is 15.6. The Labute approximate surface area is 296 Å². The van der Waals surface area contributed by atoms with Crippen molar-refractivity contribution < 1.29 is 33.7 Å². The molecule has 50 heavy (non-hydrogen) atoms. The molecule has 11 nitrogen and oxygen atoms in total. The van der Waals surface area contributed by atoms with Crippen molar-refractivity contribution in [3.8, 4) is 6.07 Å². The predicted octanol–water partition coefficient (Wildman–Crippen LogP) is 5.83. The zero-order chi connectivity index (χ0) is 36.9. The molecule has 4 aromatic carbocycles. The highest BCUT2D eigenvalue weighted by molar-refractivity contribution is 8.04. The first kappa shape index (κ1) is 38.9. The summed E-state index contributed by atoms with van der Waals surface area (Å²) in [6.07, 6.45) is 0.0341. The third-order valence-electron chi connectivity index (χ3n) is 8.02. The highest BCUT2D eigenvalue weighted by Gasteiger charge is 2.46. The Hall–Kier alpha value is -3.91. The summed E-state index contributed by atoms with van der Waals surface area (Å²) in [5, 5.41) is 9.17. The van der Waals surface area contributed by atoms with Crippen molar-refractivity contribution in [2.45, 2.75) is 79.0 Å². The fraction of sp³-hybridized carbons (Fsp3) is 0.286. The number of nitriles is 1. The van der Waals surface area contributed by atoms with Gasteiger partial charge >= 0.3 is 0 Å². The zero-order valence-corrected chi connectivity index (χ0v) is 31.4. The van der Waals surface area contributed by atoms with Gasteiger partial charge in [0, 0.05) is 13.0 Å². The Morgan fingerprint density at radius 1 is 0.500 bits per heavy atom. The molecule has 0 bridgehead atoms. The molecule has 4 rings (SSSR count). The molecule has 1 atom stereocenters. The second-order valence-electron chi connectivity index (χ2n) is 12.0. The molecule has 0 saturated carbocycles. The average Bonchev–Trinajstić information content (AvgIpc) is 3.05. The summed E-state index contributed by atoms with van der Waals surface area (Å²) in [5.41, 5.74) is 2.80. The fourth-order valence-corrected chi connectivity index (χ4v) is 12.9. The van der Waals surface area contributed by atoms with Gasteiger partial charge in [-0.15, -0.1) is 0 Å². The van der Waals surface area contributed by atoms with Gasteiger partial charge in [0.1, 0.15) is 0 Å². The van der Waals surface area contributed by atoms with Crippen LogP contribution in [0.1, 0.15) is 47.9 Å². The second kappa shape index (κ2) is 15.5. The molecule has 0 aromatic heterocycles. The summed E-state index contributed by atoms with van der Waals surface area (Å²) in [6, 6.07) is 22.0. The van der Waals surface area contributed by atoms with Crippen LogP contribution in [-0.4, -0.2) is 53.7 Å². The average molecular weight is 758 g/mol. The lowest BCUT2D eigenvalue weighted by molar-refractivity contribution is 0.353. The van der Waals surface area contributed by atoms with Crippen molar-refractivity contribution in [2.24, 2.45) is 0 Å². The highest BCUT2D eigenvalue weighted by Crippen LogP contribution is 2.33. The SMILES string of the molecule is Cc1ccc(S(=O)(=O)N(CC(CCCCC#N)N(S(=O)(=O)c2ccc(C)cc2)S(=O)(=O)c2ccc(C)cc2)S(=O)(=O)c2ccc(C)cc2)cc1. The minimum absolute atomic E-state index is 0.0508. The Bertz CT molecular complexity index is 2130. The number of hydrogen-bond donors (Lipinski definition) is 0. The molecule has 266 valence electrons. The van der Waals surface area contributed by atoms with E-state index in [1.807, 2.05) is 6.07 Å². The standard InChI is InChI=1S/C35H39N3O8S4/c1-27-9-17-32(18-10-27)47(39,40)37(48(41,42)33-19-11-28(2)12-20-33)26-31(8-6-5-7-25-36)38(49(43,44)34-21-13-29(3)14-22-34)50(45,46)35-23-15-30(4)16-24-35/h9-24,31H,5-8,26H2,1-4H3. The normalized spacial score (nSPS) is 13.3. The van der Waals surface area contributed by atoms with Crippen LogP contribution >= 0.6 is 0 Å². The summed E-state index contributed by atoms with van der Waals surface area (Å²) in [4.78, 5) is -1.57. The zero-order valence-electron chi connectivity index (χ0n) is 28.1. The van der Waals surface area contributed by atoms with Gasteiger partial charge in [-0.1, -0.05) is 84.6 Å². The van der Waals surface area contributed by atoms with Crippen LogP contribution in [0.25, 0.3) is 0 Å². The van der Waals surface area contributed by atoms with E-state index in [4.69, 9.17) is 0 Å². The van der Waals surface area contributed by atoms with Gasteiger partial charge in [-0.3, -0.25) is 0 Å². The highest BCUT2D eigenvalue weighted by atomic mass is 32.3. The van der Waals surface area contributed by atoms with E-state index in [0.29, 0.717) is 22.3 Å². The van der Waals surface area contributed by atoms with Crippen LogP contribution in [0, 0.1) is 39.0 Å². The number of rotatable bonds is 15. The first-order chi connectivity index (χ1) is 23.4. The summed E-state index contributed by atoms with van der Waals surface area (Å²) in [5.74, 6) is 0. The quantitative estimate of drug-likeness (QED) is 0.136. The molecule has 0 aliphatic heterocycles. The van der Waals surface area contributed by atoms with E-state index in [1.165, 1.54) is 97.1 Å². The fourth-order valence-electron chi connectivity index (χ4n) is 5.15. The lowest BCUT2D eigenvalue weighted by atomic mass is 10.1. The topological polar surface area (TPSA) is 167 Å². The van der Waals surface area contributed by atoms with Crippen LogP contribution in [-0.2, 0) is 40.1 Å². The molecular formula is C35H39N3O8S4. The van der Waals surface area contributed by atoms with Crippen LogP contribution in [0.2, 0.25) is 0 Å². The molecular weight excluding hydrogens is 719 g/mol. The first-order valence-corrected chi connectivity index (χ1v) is 21.4. The minimum atomic E-state index is -4.99. The molecule has 1 unspecified atom stereocenters. The smallest absolute Gasteiger partial charge is 0.206 e. The van der Waals surface area contributed by atoms with Gasteiger partial charge in [0.2, 0.25) is 0 Å². The minimum Gasteiger partial charge on any atom is -0.206 e. The van der Waals surface area contributed by atoms with E-state index in [1.54, 1.807) is 27.7 Å². The molecule has 0 aliphatic rings. The van der Waals surface area contributed by atoms with E-state index in [-0.39, 0.29) is 33.1 Å². The van der Waals surface area contributed by atoms with Gasteiger partial charge in [-0.2, -0.15) is 5.26 Å². The number of hydrogen-bond acceptors (Lipinski definition) is 9. The number of sulfonamides is 4. The van der Waals surface area contributed by atoms with Crippen LogP contribution in [0.15, 0.2) is 117 Å². The number of aryl methyl sites for hydroxylation is 4. The molecule has 4 aromatic rings. The molecule has 0 saturated heterocycles. The van der Waals surface area contributed by atoms with Crippen LogP contribution < -0.4 is 0 Å². The molecule has 0 N–H and O–H groups in total. The number of nitrogens with zero attached hydrogens (tertiary/aromatic N) is 3. The van der Waals surface area contributed by atoms with E-state index in [9.17, 15) is 38.9 Å². The lowest BCUT2D eigenvalue weighted by Gasteiger charge is -2.33. The van der Waals surface area contributed by atoms with E-state index >= 15 is 0 Å². The maximum absolute atomic E-state index is 14.5. The van der Waals surface area contributed by atoms with Crippen molar-refractivity contribution >= 4 is 40.1 Å². The lowest BCUT2D eigenvalue weighted by Crippen LogP contribution is -2.52. The Balaban J connectivity index is 2.02. The van der Waals surface area contributed by atoms with Gasteiger partial charge in [0.15, 0.2) is 0 Å². The third kappa shape index (κ3) is 8.51. The molecule has 0 radical (unpaired) electrons. The number of benzene rings is 4. The predicted molar refractivity (Wildman–Crippen MR) is 190 cm³/mol. The molecule has 15 heteroatoms. The molecule has 0 amide bonds. The number of unbranched alkanes of at least 4 members (excludes halogenated alkanes) is 2. The molecule has 0 spiro atoms. The Kier molecular flexibility index (Phi) is 12.1. The van der Waals surface area contributed by atoms with E-state index in [2.05, 4.69) is 0 Å². The Morgan fingerprint density at radius 3 is 1.10 bits per heavy atom. The summed E-state index contributed by atoms with van der Waals surface area (Å²) in [7, 11) is -19.9. The third-order valence-corrected chi connectivity index (χ3v) is 16.8. The Morgan fingerprint density at radius 2 is 0.800 bits per heavy atom. The van der Waals surface area contributed by atoms with Crippen molar-refractivity contribution in [1.29, 1.82) is 5.26 Å². The van der Waals surface area contributed by atoms with Gasteiger partial charge < -0.3 is 0 Å². The van der Waals surface area contributed by atoms with Gasteiger partial charge in [0.05, 0.1) is 31.7 Å². The van der Waals surface area contributed by atoms with E-state index < -0.39 is 72.3 Å². The van der Waals surface area contributed by atoms with Crippen molar-refractivity contribution in [3.63, 3.8) is 0 Å². The van der Waals surface area contributed by atoms with Crippen molar-refractivity contribution in [3.05, 3.63) is 119 Å². The van der Waals surface area contributed by atoms with Crippen LogP contribution in [0.3, 0.4) is 0 Å².